The predicted octanol–water partition coefficient (Wildman–Crippen LogP) is 3.17. The number of carboxylic acid groups (broad SMARTS) is 1. The molecule has 0 fully saturated rings. The first-order chi connectivity index (χ1) is 11.4. The van der Waals surface area contributed by atoms with Crippen LogP contribution in [-0.2, 0) is 0 Å². The van der Waals surface area contributed by atoms with Crippen molar-refractivity contribution < 1.29 is 19.4 Å². The summed E-state index contributed by atoms with van der Waals surface area (Å²) in [4.78, 5) is 23.2. The Labute approximate surface area is 148 Å². The Balaban J connectivity index is 2.12. The number of halogens is 1. The van der Waals surface area contributed by atoms with Gasteiger partial charge in [0.25, 0.3) is 5.91 Å². The van der Waals surface area contributed by atoms with Gasteiger partial charge in [0.1, 0.15) is 5.75 Å². The van der Waals surface area contributed by atoms with Crippen LogP contribution in [0.5, 0.6) is 5.75 Å². The molecule has 0 aliphatic rings. The maximum Gasteiger partial charge on any atom is 0.335 e. The Bertz CT molecular complexity index is 810. The van der Waals surface area contributed by atoms with Crippen LogP contribution in [0.15, 0.2) is 42.5 Å². The molecule has 24 heavy (non-hydrogen) atoms. The molecule has 0 aliphatic carbocycles. The van der Waals surface area contributed by atoms with Crippen molar-refractivity contribution in [3.63, 3.8) is 0 Å². The van der Waals surface area contributed by atoms with E-state index in [9.17, 15) is 9.59 Å². The van der Waals surface area contributed by atoms with Gasteiger partial charge in [-0.15, -0.1) is 0 Å². The number of thiocarbonyl (C=S) groups is 1. The molecule has 2 aromatic rings. The average molecular weight is 365 g/mol. The zero-order valence-electron chi connectivity index (χ0n) is 12.5. The van der Waals surface area contributed by atoms with Crippen LogP contribution in [-0.4, -0.2) is 29.2 Å². The first-order valence-electron chi connectivity index (χ1n) is 6.70. The maximum absolute atomic E-state index is 12.2. The largest absolute Gasteiger partial charge is 0.496 e. The second-order valence-electron chi connectivity index (χ2n) is 4.61. The van der Waals surface area contributed by atoms with Crippen LogP contribution in [0.3, 0.4) is 0 Å². The quantitative estimate of drug-likeness (QED) is 0.722. The molecule has 0 heterocycles. The fourth-order valence-electron chi connectivity index (χ4n) is 1.91. The van der Waals surface area contributed by atoms with Crippen LogP contribution in [0.25, 0.3) is 0 Å². The van der Waals surface area contributed by atoms with E-state index in [0.29, 0.717) is 11.3 Å². The highest BCUT2D eigenvalue weighted by molar-refractivity contribution is 7.80. The molecule has 1 amide bonds. The van der Waals surface area contributed by atoms with E-state index in [2.05, 4.69) is 10.6 Å². The molecule has 8 heteroatoms. The number of hydrogen-bond donors (Lipinski definition) is 3. The van der Waals surface area contributed by atoms with Gasteiger partial charge in [0.05, 0.1) is 28.9 Å². The van der Waals surface area contributed by atoms with E-state index >= 15 is 0 Å². The Hall–Kier alpha value is -2.64. The van der Waals surface area contributed by atoms with Crippen LogP contribution in [0, 0.1) is 0 Å². The van der Waals surface area contributed by atoms with Gasteiger partial charge in [0.2, 0.25) is 0 Å². The Morgan fingerprint density at radius 3 is 2.58 bits per heavy atom. The molecule has 0 unspecified atom stereocenters. The monoisotopic (exact) mass is 364 g/mol. The van der Waals surface area contributed by atoms with E-state index in [-0.39, 0.29) is 21.4 Å². The van der Waals surface area contributed by atoms with E-state index in [1.165, 1.54) is 25.3 Å². The van der Waals surface area contributed by atoms with Gasteiger partial charge in [-0.3, -0.25) is 10.1 Å². The minimum atomic E-state index is -1.10. The Morgan fingerprint density at radius 1 is 1.21 bits per heavy atom. The van der Waals surface area contributed by atoms with Crippen LogP contribution in [0.1, 0.15) is 20.7 Å². The van der Waals surface area contributed by atoms with E-state index in [1.807, 2.05) is 0 Å². The Kier molecular flexibility index (Phi) is 5.73. The van der Waals surface area contributed by atoms with Crippen molar-refractivity contribution in [2.75, 3.05) is 12.4 Å². The third-order valence-corrected chi connectivity index (χ3v) is 3.57. The molecular formula is C16H13ClN2O4S. The lowest BCUT2D eigenvalue weighted by Crippen LogP contribution is -2.34. The normalized spacial score (nSPS) is 9.92. The summed E-state index contributed by atoms with van der Waals surface area (Å²) in [5.74, 6) is -1.15. The number of carbonyl (C=O) groups is 2. The smallest absolute Gasteiger partial charge is 0.335 e. The number of methoxy groups -OCH3 is 1. The summed E-state index contributed by atoms with van der Waals surface area (Å²) in [6.45, 7) is 0. The Morgan fingerprint density at radius 2 is 1.92 bits per heavy atom. The number of aromatic carboxylic acids is 1. The van der Waals surface area contributed by atoms with Crippen molar-refractivity contribution in [1.29, 1.82) is 0 Å². The molecular weight excluding hydrogens is 352 g/mol. The molecule has 0 atom stereocenters. The number of ether oxygens (including phenoxy) is 1. The van der Waals surface area contributed by atoms with Crippen LogP contribution in [0.2, 0.25) is 5.02 Å². The molecule has 0 spiro atoms. The summed E-state index contributed by atoms with van der Waals surface area (Å²) in [6, 6.07) is 10.8. The molecule has 2 aromatic carbocycles. The van der Waals surface area contributed by atoms with Crippen molar-refractivity contribution >= 4 is 46.5 Å². The number of hydrogen-bond acceptors (Lipinski definition) is 4. The summed E-state index contributed by atoms with van der Waals surface area (Å²) in [7, 11) is 1.46. The third kappa shape index (κ3) is 4.21. The van der Waals surface area contributed by atoms with Gasteiger partial charge >= 0.3 is 5.97 Å². The van der Waals surface area contributed by atoms with Crippen molar-refractivity contribution in [1.82, 2.24) is 5.32 Å². The van der Waals surface area contributed by atoms with Crippen LogP contribution >= 0.6 is 23.8 Å². The summed E-state index contributed by atoms with van der Waals surface area (Å²) in [5.41, 5.74) is 0.636. The molecule has 0 aromatic heterocycles. The number of anilines is 1. The first-order valence-corrected chi connectivity index (χ1v) is 7.49. The van der Waals surface area contributed by atoms with Gasteiger partial charge in [0, 0.05) is 0 Å². The number of amides is 1. The number of rotatable bonds is 4. The van der Waals surface area contributed by atoms with Crippen LogP contribution in [0.4, 0.5) is 5.69 Å². The highest BCUT2D eigenvalue weighted by Crippen LogP contribution is 2.23. The molecule has 0 radical (unpaired) electrons. The van der Waals surface area contributed by atoms with Gasteiger partial charge in [0.15, 0.2) is 5.11 Å². The topological polar surface area (TPSA) is 87.7 Å². The number of benzene rings is 2. The minimum Gasteiger partial charge on any atom is -0.496 e. The molecule has 2 rings (SSSR count). The minimum absolute atomic E-state index is 0.0182. The zero-order valence-corrected chi connectivity index (χ0v) is 14.1. The highest BCUT2D eigenvalue weighted by Gasteiger charge is 2.14. The lowest BCUT2D eigenvalue weighted by Gasteiger charge is -2.12. The van der Waals surface area contributed by atoms with Crippen LogP contribution < -0.4 is 15.4 Å². The third-order valence-electron chi connectivity index (χ3n) is 3.04. The zero-order chi connectivity index (χ0) is 17.7. The van der Waals surface area contributed by atoms with Crippen molar-refractivity contribution in [3.05, 3.63) is 58.6 Å². The summed E-state index contributed by atoms with van der Waals surface area (Å²) >= 11 is 11.1. The number of carboxylic acids is 1. The molecule has 6 nitrogen and oxygen atoms in total. The summed E-state index contributed by atoms with van der Waals surface area (Å²) < 4.78 is 5.12. The van der Waals surface area contributed by atoms with E-state index in [4.69, 9.17) is 33.7 Å². The second-order valence-corrected chi connectivity index (χ2v) is 5.42. The SMILES string of the molecule is COc1ccccc1C(=O)NC(=S)Nc1cc(C(=O)O)ccc1Cl. The average Bonchev–Trinajstić information content (AvgIpc) is 2.56. The standard InChI is InChI=1S/C16H13ClN2O4S/c1-23-13-5-3-2-4-10(13)14(20)19-16(24)18-12-8-9(15(21)22)6-7-11(12)17/h2-8H,1H3,(H,21,22)(H2,18,19,20,24). The van der Waals surface area contributed by atoms with Gasteiger partial charge in [-0.05, 0) is 42.5 Å². The summed E-state index contributed by atoms with van der Waals surface area (Å²) in [6.07, 6.45) is 0. The summed E-state index contributed by atoms with van der Waals surface area (Å²) in [5, 5.41) is 14.5. The van der Waals surface area contributed by atoms with Crippen molar-refractivity contribution in [3.8, 4) is 5.75 Å². The van der Waals surface area contributed by atoms with Crippen molar-refractivity contribution in [2.24, 2.45) is 0 Å². The lowest BCUT2D eigenvalue weighted by atomic mass is 10.2. The highest BCUT2D eigenvalue weighted by atomic mass is 35.5. The second kappa shape index (κ2) is 7.76. The van der Waals surface area contributed by atoms with E-state index in [0.717, 1.165) is 0 Å². The fraction of sp³-hybridized carbons (Fsp3) is 0.0625. The fourth-order valence-corrected chi connectivity index (χ4v) is 2.28. The van der Waals surface area contributed by atoms with Crippen molar-refractivity contribution in [2.45, 2.75) is 0 Å². The number of para-hydroxylation sites is 1. The predicted molar refractivity (Wildman–Crippen MR) is 95.1 cm³/mol. The van der Waals surface area contributed by atoms with E-state index in [1.54, 1.807) is 24.3 Å². The lowest BCUT2D eigenvalue weighted by molar-refractivity contribution is 0.0696. The molecule has 0 saturated heterocycles. The number of carbonyl (C=O) groups excluding carboxylic acids is 1. The molecule has 0 saturated carbocycles. The molecule has 0 bridgehead atoms. The number of nitrogens with one attached hydrogen (secondary N) is 2. The van der Waals surface area contributed by atoms with Gasteiger partial charge in [-0.25, -0.2) is 4.79 Å². The van der Waals surface area contributed by atoms with Gasteiger partial charge in [-0.2, -0.15) is 0 Å². The van der Waals surface area contributed by atoms with Gasteiger partial charge in [-0.1, -0.05) is 23.7 Å². The van der Waals surface area contributed by atoms with E-state index < -0.39 is 11.9 Å². The maximum atomic E-state index is 12.2. The first kappa shape index (κ1) is 17.7. The molecule has 3 N–H and O–H groups in total. The van der Waals surface area contributed by atoms with Gasteiger partial charge < -0.3 is 15.2 Å². The molecule has 124 valence electrons. The molecule has 0 aliphatic heterocycles.